The van der Waals surface area contributed by atoms with Crippen molar-refractivity contribution in [3.05, 3.63) is 45.9 Å². The Morgan fingerprint density at radius 2 is 1.82 bits per heavy atom. The van der Waals surface area contributed by atoms with Gasteiger partial charge in [0.15, 0.2) is 0 Å². The molecule has 1 N–H and O–H groups in total. The third kappa shape index (κ3) is 6.71. The van der Waals surface area contributed by atoms with Crippen LogP contribution in [0.5, 0.6) is 11.5 Å². The predicted molar refractivity (Wildman–Crippen MR) is 158 cm³/mol. The molecule has 2 aliphatic heterocycles. The minimum absolute atomic E-state index is 0.00580. The average molecular weight is 568 g/mol. The first-order valence-corrected chi connectivity index (χ1v) is 15.4. The van der Waals surface area contributed by atoms with Crippen molar-refractivity contribution < 1.29 is 19.1 Å². The molecule has 3 aliphatic rings. The number of hydrogen-bond acceptors (Lipinski definition) is 7. The summed E-state index contributed by atoms with van der Waals surface area (Å²) in [4.78, 5) is 36.7. The number of aromatic nitrogens is 1. The molecule has 5 rings (SSSR count). The molecule has 0 atom stereocenters. The van der Waals surface area contributed by atoms with Gasteiger partial charge in [-0.05, 0) is 57.1 Å². The van der Waals surface area contributed by atoms with Gasteiger partial charge in [-0.15, -0.1) is 11.3 Å². The maximum Gasteiger partial charge on any atom is 0.317 e. The smallest absolute Gasteiger partial charge is 0.317 e. The Labute approximate surface area is 241 Å². The number of methoxy groups -OCH3 is 2. The number of piperazine rings is 1. The van der Waals surface area contributed by atoms with E-state index in [0.717, 1.165) is 67.6 Å². The fourth-order valence-electron chi connectivity index (χ4n) is 5.83. The van der Waals surface area contributed by atoms with Crippen molar-refractivity contribution in [3.63, 3.8) is 0 Å². The van der Waals surface area contributed by atoms with Crippen LogP contribution in [0.1, 0.15) is 66.4 Å². The van der Waals surface area contributed by atoms with Crippen molar-refractivity contribution in [2.75, 3.05) is 64.9 Å². The van der Waals surface area contributed by atoms with E-state index in [0.29, 0.717) is 31.2 Å². The van der Waals surface area contributed by atoms with Gasteiger partial charge in [0.1, 0.15) is 17.2 Å². The van der Waals surface area contributed by atoms with E-state index in [2.05, 4.69) is 16.3 Å². The van der Waals surface area contributed by atoms with Crippen molar-refractivity contribution in [3.8, 4) is 11.5 Å². The second-order valence-corrected chi connectivity index (χ2v) is 11.6. The molecule has 0 radical (unpaired) electrons. The highest BCUT2D eigenvalue weighted by molar-refractivity contribution is 7.09. The van der Waals surface area contributed by atoms with Gasteiger partial charge in [0, 0.05) is 63.2 Å². The fraction of sp³-hybridized carbons (Fsp3) is 0.567. The van der Waals surface area contributed by atoms with E-state index in [4.69, 9.17) is 14.5 Å². The molecule has 9 nitrogen and oxygen atoms in total. The van der Waals surface area contributed by atoms with Gasteiger partial charge in [0.05, 0.1) is 24.9 Å². The number of nitrogens with one attached hydrogen (secondary N) is 1. The van der Waals surface area contributed by atoms with Crippen LogP contribution < -0.4 is 19.7 Å². The summed E-state index contributed by atoms with van der Waals surface area (Å²) in [5.41, 5.74) is 3.03. The number of rotatable bonds is 8. The molecule has 2 fully saturated rings. The fourth-order valence-corrected chi connectivity index (χ4v) is 6.80. The third-order valence-electron chi connectivity index (χ3n) is 8.27. The van der Waals surface area contributed by atoms with Gasteiger partial charge >= 0.3 is 6.03 Å². The first-order chi connectivity index (χ1) is 19.6. The maximum absolute atomic E-state index is 13.2. The number of ether oxygens (including phenoxy) is 2. The highest BCUT2D eigenvalue weighted by Gasteiger charge is 2.29. The standard InChI is InChI=1S/C30H41N5O4S/c1-38-24-8-9-26(27(20-24)39-2)33-16-18-34(19-17-33)29(36)25-21-40-28(32-25)23-11-14-35(15-12-23)30(37)31-13-10-22-6-4-3-5-7-22/h6,8-9,20-21,23H,3-5,7,10-19H2,1-2H3,(H,31,37). The van der Waals surface area contributed by atoms with Gasteiger partial charge < -0.3 is 29.5 Å². The SMILES string of the molecule is COc1ccc(N2CCN(C(=O)c3csc(C4CCN(C(=O)NCCC5=CCCCC5)CC4)n3)CC2)c(OC)c1. The Morgan fingerprint density at radius 3 is 2.52 bits per heavy atom. The first kappa shape index (κ1) is 28.3. The zero-order chi connectivity index (χ0) is 27.9. The Bertz CT molecular complexity index is 1200. The molecule has 10 heteroatoms. The Balaban J connectivity index is 1.07. The number of nitrogens with zero attached hydrogens (tertiary/aromatic N) is 4. The quantitative estimate of drug-likeness (QED) is 0.457. The lowest BCUT2D eigenvalue weighted by Gasteiger charge is -2.36. The zero-order valence-electron chi connectivity index (χ0n) is 23.7. The van der Waals surface area contributed by atoms with E-state index in [1.165, 1.54) is 31.3 Å². The summed E-state index contributed by atoms with van der Waals surface area (Å²) in [5.74, 6) is 1.81. The first-order valence-electron chi connectivity index (χ1n) is 14.5. The summed E-state index contributed by atoms with van der Waals surface area (Å²) in [5, 5.41) is 6.01. The largest absolute Gasteiger partial charge is 0.497 e. The molecule has 1 aromatic carbocycles. The van der Waals surface area contributed by atoms with Crippen LogP contribution in [0.2, 0.25) is 0 Å². The lowest BCUT2D eigenvalue weighted by molar-refractivity contribution is 0.0741. The van der Waals surface area contributed by atoms with Crippen molar-refractivity contribution >= 4 is 29.0 Å². The van der Waals surface area contributed by atoms with E-state index >= 15 is 0 Å². The van der Waals surface area contributed by atoms with Crippen LogP contribution in [0.4, 0.5) is 10.5 Å². The van der Waals surface area contributed by atoms with Gasteiger partial charge in [-0.2, -0.15) is 0 Å². The number of amides is 3. The van der Waals surface area contributed by atoms with Crippen LogP contribution >= 0.6 is 11.3 Å². The number of carbonyl (C=O) groups excluding carboxylic acids is 2. The van der Waals surface area contributed by atoms with E-state index < -0.39 is 0 Å². The summed E-state index contributed by atoms with van der Waals surface area (Å²) < 4.78 is 10.9. The molecule has 1 aliphatic carbocycles. The molecule has 3 amide bonds. The van der Waals surface area contributed by atoms with Gasteiger partial charge in [-0.1, -0.05) is 11.6 Å². The maximum atomic E-state index is 13.2. The Hall–Kier alpha value is -3.27. The third-order valence-corrected chi connectivity index (χ3v) is 9.28. The molecule has 2 saturated heterocycles. The van der Waals surface area contributed by atoms with E-state index in [1.807, 2.05) is 33.4 Å². The molecule has 2 aromatic rings. The molecular weight excluding hydrogens is 526 g/mol. The van der Waals surface area contributed by atoms with Crippen molar-refractivity contribution in [2.24, 2.45) is 0 Å². The predicted octanol–water partition coefficient (Wildman–Crippen LogP) is 4.90. The van der Waals surface area contributed by atoms with Crippen LogP contribution in [0.25, 0.3) is 0 Å². The lowest BCUT2D eigenvalue weighted by atomic mass is 9.97. The molecule has 0 bridgehead atoms. The molecular formula is C30H41N5O4S. The average Bonchev–Trinajstić information content (AvgIpc) is 3.51. The van der Waals surface area contributed by atoms with E-state index in [9.17, 15) is 9.59 Å². The number of benzene rings is 1. The summed E-state index contributed by atoms with van der Waals surface area (Å²) in [6.07, 6.45) is 9.97. The molecule has 3 heterocycles. The molecule has 216 valence electrons. The van der Waals surface area contributed by atoms with Crippen LogP contribution in [-0.2, 0) is 0 Å². The highest BCUT2D eigenvalue weighted by Crippen LogP contribution is 2.34. The summed E-state index contributed by atoms with van der Waals surface area (Å²) in [7, 11) is 3.30. The summed E-state index contributed by atoms with van der Waals surface area (Å²) >= 11 is 1.57. The number of anilines is 1. The van der Waals surface area contributed by atoms with Gasteiger partial charge in [0.25, 0.3) is 5.91 Å². The van der Waals surface area contributed by atoms with E-state index in [1.54, 1.807) is 25.6 Å². The van der Waals surface area contributed by atoms with Crippen LogP contribution in [-0.4, -0.2) is 86.8 Å². The van der Waals surface area contributed by atoms with Gasteiger partial charge in [-0.25, -0.2) is 9.78 Å². The Kier molecular flexibility index (Phi) is 9.46. The number of thiazole rings is 1. The van der Waals surface area contributed by atoms with Gasteiger partial charge in [0.2, 0.25) is 0 Å². The number of allylic oxidation sites excluding steroid dienone is 1. The number of hydrogen-bond donors (Lipinski definition) is 1. The summed E-state index contributed by atoms with van der Waals surface area (Å²) in [6.45, 7) is 4.87. The number of urea groups is 1. The topological polar surface area (TPSA) is 87.2 Å². The highest BCUT2D eigenvalue weighted by atomic mass is 32.1. The number of piperidine rings is 1. The molecule has 0 unspecified atom stereocenters. The Morgan fingerprint density at radius 1 is 1.02 bits per heavy atom. The molecule has 40 heavy (non-hydrogen) atoms. The second kappa shape index (κ2) is 13.4. The normalized spacial score (nSPS) is 18.4. The lowest BCUT2D eigenvalue weighted by Crippen LogP contribution is -2.49. The van der Waals surface area contributed by atoms with E-state index in [-0.39, 0.29) is 11.9 Å². The number of likely N-dealkylation sites (tertiary alicyclic amines) is 1. The molecule has 0 saturated carbocycles. The van der Waals surface area contributed by atoms with Crippen molar-refractivity contribution in [1.29, 1.82) is 0 Å². The van der Waals surface area contributed by atoms with Crippen LogP contribution in [0.15, 0.2) is 35.2 Å². The van der Waals surface area contributed by atoms with Crippen LogP contribution in [0.3, 0.4) is 0 Å². The minimum Gasteiger partial charge on any atom is -0.497 e. The van der Waals surface area contributed by atoms with Crippen molar-refractivity contribution in [1.82, 2.24) is 20.1 Å². The molecule has 1 aromatic heterocycles. The summed E-state index contributed by atoms with van der Waals surface area (Å²) in [6, 6.07) is 5.86. The van der Waals surface area contributed by atoms with Gasteiger partial charge in [-0.3, -0.25) is 4.79 Å². The second-order valence-electron chi connectivity index (χ2n) is 10.7. The van der Waals surface area contributed by atoms with Crippen molar-refractivity contribution in [2.45, 2.75) is 50.9 Å². The minimum atomic E-state index is -0.00580. The monoisotopic (exact) mass is 567 g/mol. The zero-order valence-corrected chi connectivity index (χ0v) is 24.5. The molecule has 0 spiro atoms. The number of carbonyl (C=O) groups is 2. The van der Waals surface area contributed by atoms with Crippen LogP contribution in [0, 0.1) is 0 Å².